The number of hydrogen-bond acceptors (Lipinski definition) is 4. The number of ether oxygens (including phenoxy) is 3. The van der Waals surface area contributed by atoms with Gasteiger partial charge in [0.05, 0.1) is 18.8 Å². The van der Waals surface area contributed by atoms with Crippen LogP contribution in [0.4, 0.5) is 10.5 Å². The highest BCUT2D eigenvalue weighted by Crippen LogP contribution is 2.55. The van der Waals surface area contributed by atoms with E-state index in [4.69, 9.17) is 14.2 Å². The van der Waals surface area contributed by atoms with Crippen LogP contribution < -0.4 is 14.4 Å². The first-order chi connectivity index (χ1) is 12.5. The summed E-state index contributed by atoms with van der Waals surface area (Å²) < 4.78 is 16.3. The summed E-state index contributed by atoms with van der Waals surface area (Å²) in [5.41, 5.74) is 5.67. The Labute approximate surface area is 152 Å². The third-order valence-electron chi connectivity index (χ3n) is 5.96. The normalized spacial score (nSPS) is 24.7. The smallest absolute Gasteiger partial charge is 0.414 e. The number of methoxy groups -OCH3 is 1. The lowest BCUT2D eigenvalue weighted by atomic mass is 9.63. The summed E-state index contributed by atoms with van der Waals surface area (Å²) in [6, 6.07) is 10.4. The number of fused-ring (bicyclic) bond motifs is 7. The fourth-order valence-corrected chi connectivity index (χ4v) is 4.76. The molecule has 2 unspecified atom stereocenters. The number of benzene rings is 2. The maximum atomic E-state index is 12.7. The molecule has 5 nitrogen and oxygen atoms in total. The fraction of sp³-hybridized carbons (Fsp3) is 0.381. The standard InChI is InChI=1S/C21H21NO4/c1-12-4-5-16-15(6-12)21(2)9-13-7-18-19(26-11-25-18)8-14(13)17(10-21)22(16)20(23)24-3/h4-8,17H,9-11H2,1-3H3. The van der Waals surface area contributed by atoms with E-state index in [1.807, 2.05) is 12.1 Å². The Bertz CT molecular complexity index is 938. The van der Waals surface area contributed by atoms with Crippen molar-refractivity contribution in [3.8, 4) is 11.5 Å². The summed E-state index contributed by atoms with van der Waals surface area (Å²) in [6.45, 7) is 4.63. The molecule has 2 heterocycles. The van der Waals surface area contributed by atoms with Gasteiger partial charge in [-0.2, -0.15) is 0 Å². The molecule has 2 aromatic carbocycles. The largest absolute Gasteiger partial charge is 0.454 e. The van der Waals surface area contributed by atoms with Crippen LogP contribution in [0.5, 0.6) is 11.5 Å². The van der Waals surface area contributed by atoms with Crippen LogP contribution in [-0.2, 0) is 16.6 Å². The van der Waals surface area contributed by atoms with Crippen LogP contribution in [0.2, 0.25) is 0 Å². The van der Waals surface area contributed by atoms with Crippen molar-refractivity contribution in [2.75, 3.05) is 18.8 Å². The van der Waals surface area contributed by atoms with Crippen molar-refractivity contribution in [1.29, 1.82) is 0 Å². The third-order valence-corrected chi connectivity index (χ3v) is 5.96. The maximum Gasteiger partial charge on any atom is 0.414 e. The molecule has 0 N–H and O–H groups in total. The first kappa shape index (κ1) is 15.6. The zero-order chi connectivity index (χ0) is 18.1. The van der Waals surface area contributed by atoms with Gasteiger partial charge in [0.15, 0.2) is 11.5 Å². The molecule has 1 aliphatic carbocycles. The Hall–Kier alpha value is -2.69. The predicted molar refractivity (Wildman–Crippen MR) is 97.0 cm³/mol. The lowest BCUT2D eigenvalue weighted by molar-refractivity contribution is 0.170. The molecular weight excluding hydrogens is 330 g/mol. The van der Waals surface area contributed by atoms with Crippen LogP contribution in [0, 0.1) is 6.92 Å². The fourth-order valence-electron chi connectivity index (χ4n) is 4.76. The van der Waals surface area contributed by atoms with E-state index in [9.17, 15) is 4.79 Å². The van der Waals surface area contributed by atoms with Crippen molar-refractivity contribution in [3.05, 3.63) is 52.6 Å². The van der Waals surface area contributed by atoms with E-state index in [2.05, 4.69) is 32.0 Å². The SMILES string of the molecule is COC(=O)N1c2ccc(C)cc2C2(C)Cc3cc4c(cc3C1C2)OCO4. The monoisotopic (exact) mass is 351 g/mol. The van der Waals surface area contributed by atoms with Gasteiger partial charge in [-0.25, -0.2) is 4.79 Å². The number of aryl methyl sites for hydroxylation is 1. The summed E-state index contributed by atoms with van der Waals surface area (Å²) in [6.07, 6.45) is 1.46. The molecule has 2 aliphatic heterocycles. The van der Waals surface area contributed by atoms with E-state index in [1.54, 1.807) is 4.90 Å². The number of carbonyl (C=O) groups excluding carboxylic acids is 1. The molecule has 2 bridgehead atoms. The number of rotatable bonds is 0. The van der Waals surface area contributed by atoms with Gasteiger partial charge < -0.3 is 14.2 Å². The molecule has 2 atom stereocenters. The van der Waals surface area contributed by atoms with Gasteiger partial charge in [0, 0.05) is 5.41 Å². The number of anilines is 1. The number of carbonyl (C=O) groups is 1. The average molecular weight is 351 g/mol. The number of nitrogens with zero attached hydrogens (tertiary/aromatic N) is 1. The molecule has 0 radical (unpaired) electrons. The Morgan fingerprint density at radius 1 is 1.23 bits per heavy atom. The lowest BCUT2D eigenvalue weighted by Gasteiger charge is -2.50. The zero-order valence-corrected chi connectivity index (χ0v) is 15.2. The van der Waals surface area contributed by atoms with Gasteiger partial charge in [-0.1, -0.05) is 24.6 Å². The summed E-state index contributed by atoms with van der Waals surface area (Å²) in [7, 11) is 1.44. The van der Waals surface area contributed by atoms with Crippen molar-refractivity contribution in [2.24, 2.45) is 0 Å². The highest BCUT2D eigenvalue weighted by atomic mass is 16.7. The number of amides is 1. The van der Waals surface area contributed by atoms with E-state index in [0.29, 0.717) is 0 Å². The van der Waals surface area contributed by atoms with Crippen molar-refractivity contribution >= 4 is 11.8 Å². The molecule has 0 fully saturated rings. The molecule has 134 valence electrons. The van der Waals surface area contributed by atoms with E-state index in [1.165, 1.54) is 23.8 Å². The highest BCUT2D eigenvalue weighted by Gasteiger charge is 2.48. The Morgan fingerprint density at radius 2 is 2.00 bits per heavy atom. The van der Waals surface area contributed by atoms with Gasteiger partial charge in [-0.3, -0.25) is 4.90 Å². The van der Waals surface area contributed by atoms with Gasteiger partial charge in [-0.05, 0) is 54.7 Å². The van der Waals surface area contributed by atoms with Crippen molar-refractivity contribution in [2.45, 2.75) is 38.1 Å². The maximum absolute atomic E-state index is 12.7. The average Bonchev–Trinajstić information content (AvgIpc) is 3.07. The topological polar surface area (TPSA) is 48.0 Å². The van der Waals surface area contributed by atoms with Crippen LogP contribution >= 0.6 is 0 Å². The van der Waals surface area contributed by atoms with Gasteiger partial charge in [-0.15, -0.1) is 0 Å². The molecule has 5 heteroatoms. The zero-order valence-electron chi connectivity index (χ0n) is 15.2. The molecular formula is C21H21NO4. The molecule has 0 spiro atoms. The quantitative estimate of drug-likeness (QED) is 0.712. The molecule has 0 aromatic heterocycles. The van der Waals surface area contributed by atoms with Gasteiger partial charge >= 0.3 is 6.09 Å². The highest BCUT2D eigenvalue weighted by molar-refractivity contribution is 5.91. The number of hydrogen-bond donors (Lipinski definition) is 0. The molecule has 0 saturated carbocycles. The summed E-state index contributed by atoms with van der Waals surface area (Å²) in [5.74, 6) is 1.55. The summed E-state index contributed by atoms with van der Waals surface area (Å²) in [5, 5.41) is 0. The first-order valence-electron chi connectivity index (χ1n) is 8.91. The summed E-state index contributed by atoms with van der Waals surface area (Å²) >= 11 is 0. The van der Waals surface area contributed by atoms with Gasteiger partial charge in [0.1, 0.15) is 0 Å². The minimum Gasteiger partial charge on any atom is -0.454 e. The van der Waals surface area contributed by atoms with Crippen molar-refractivity contribution in [3.63, 3.8) is 0 Å². The second-order valence-corrected chi connectivity index (χ2v) is 7.72. The minimum atomic E-state index is -0.326. The van der Waals surface area contributed by atoms with E-state index in [0.717, 1.165) is 35.6 Å². The van der Waals surface area contributed by atoms with Gasteiger partial charge in [0.2, 0.25) is 6.79 Å². The van der Waals surface area contributed by atoms with E-state index < -0.39 is 0 Å². The molecule has 1 amide bonds. The Kier molecular flexibility index (Phi) is 3.09. The molecule has 0 saturated heterocycles. The minimum absolute atomic E-state index is 0.0305. The first-order valence-corrected chi connectivity index (χ1v) is 8.91. The van der Waals surface area contributed by atoms with Crippen molar-refractivity contribution < 1.29 is 19.0 Å². The third kappa shape index (κ3) is 2.00. The Balaban J connectivity index is 1.75. The molecule has 5 rings (SSSR count). The van der Waals surface area contributed by atoms with Crippen LogP contribution in [0.3, 0.4) is 0 Å². The van der Waals surface area contributed by atoms with Crippen molar-refractivity contribution in [1.82, 2.24) is 0 Å². The summed E-state index contributed by atoms with van der Waals surface area (Å²) in [4.78, 5) is 14.5. The molecule has 3 aliphatic rings. The van der Waals surface area contributed by atoms with E-state index >= 15 is 0 Å². The van der Waals surface area contributed by atoms with Crippen LogP contribution in [0.15, 0.2) is 30.3 Å². The van der Waals surface area contributed by atoms with E-state index in [-0.39, 0.29) is 24.3 Å². The predicted octanol–water partition coefficient (Wildman–Crippen LogP) is 4.26. The second-order valence-electron chi connectivity index (χ2n) is 7.72. The van der Waals surface area contributed by atoms with Gasteiger partial charge in [0.25, 0.3) is 0 Å². The van der Waals surface area contributed by atoms with Crippen LogP contribution in [0.1, 0.15) is 41.6 Å². The molecule has 26 heavy (non-hydrogen) atoms. The Morgan fingerprint density at radius 3 is 2.77 bits per heavy atom. The molecule has 2 aromatic rings. The van der Waals surface area contributed by atoms with Crippen LogP contribution in [-0.4, -0.2) is 20.0 Å². The van der Waals surface area contributed by atoms with Crippen LogP contribution in [0.25, 0.3) is 0 Å². The second kappa shape index (κ2) is 5.16. The lowest BCUT2D eigenvalue weighted by Crippen LogP contribution is -2.48.